The number of carbonyl (C=O) groups is 2. The third-order valence-electron chi connectivity index (χ3n) is 3.79. The van der Waals surface area contributed by atoms with E-state index in [2.05, 4.69) is 5.32 Å². The zero-order chi connectivity index (χ0) is 15.7. The molecule has 5 nitrogen and oxygen atoms in total. The molecule has 0 aliphatic heterocycles. The van der Waals surface area contributed by atoms with E-state index in [0.717, 1.165) is 0 Å². The molecule has 110 valence electrons. The molecule has 0 fully saturated rings. The van der Waals surface area contributed by atoms with E-state index >= 15 is 0 Å². The Morgan fingerprint density at radius 2 is 1.80 bits per heavy atom. The second-order valence-corrected chi connectivity index (χ2v) is 6.15. The maximum absolute atomic E-state index is 11.3. The number of anilines is 1. The Labute approximate surface area is 123 Å². The van der Waals surface area contributed by atoms with Crippen molar-refractivity contribution in [2.45, 2.75) is 33.2 Å². The number of nitrogens with two attached hydrogens (primary N) is 1. The van der Waals surface area contributed by atoms with Gasteiger partial charge in [-0.25, -0.2) is 0 Å². The van der Waals surface area contributed by atoms with E-state index in [1.54, 1.807) is 39.8 Å². The second kappa shape index (κ2) is 5.32. The fourth-order valence-corrected chi connectivity index (χ4v) is 1.85. The first-order valence-corrected chi connectivity index (χ1v) is 6.48. The van der Waals surface area contributed by atoms with Gasteiger partial charge in [0.1, 0.15) is 0 Å². The summed E-state index contributed by atoms with van der Waals surface area (Å²) in [6.45, 7) is 6.86. The van der Waals surface area contributed by atoms with Crippen LogP contribution < -0.4 is 11.1 Å². The molecule has 0 aliphatic carbocycles. The fraction of sp³-hybridized carbons (Fsp3) is 0.429. The first kappa shape index (κ1) is 16.3. The highest BCUT2D eigenvalue weighted by atomic mass is 35.5. The van der Waals surface area contributed by atoms with E-state index in [1.165, 1.54) is 6.07 Å². The van der Waals surface area contributed by atoms with Gasteiger partial charge in [-0.2, -0.15) is 0 Å². The second-order valence-electron chi connectivity index (χ2n) is 5.74. The maximum Gasteiger partial charge on any atom is 0.311 e. The van der Waals surface area contributed by atoms with Gasteiger partial charge in [0.2, 0.25) is 5.91 Å². The Kier molecular flexibility index (Phi) is 4.34. The molecule has 0 saturated carbocycles. The number of carboxylic acid groups (broad SMARTS) is 1. The van der Waals surface area contributed by atoms with Crippen LogP contribution in [0.2, 0.25) is 5.02 Å². The molecule has 4 N–H and O–H groups in total. The predicted octanol–water partition coefficient (Wildman–Crippen LogP) is 2.74. The van der Waals surface area contributed by atoms with Crippen LogP contribution in [0.5, 0.6) is 0 Å². The minimum absolute atomic E-state index is 0.228. The number of nitrogens with one attached hydrogen (secondary N) is 1. The third-order valence-corrected chi connectivity index (χ3v) is 4.10. The van der Waals surface area contributed by atoms with E-state index in [4.69, 9.17) is 17.3 Å². The average Bonchev–Trinajstić information content (AvgIpc) is 2.27. The highest BCUT2D eigenvalue weighted by molar-refractivity contribution is 6.34. The Morgan fingerprint density at radius 3 is 2.20 bits per heavy atom. The topological polar surface area (TPSA) is 92.4 Å². The van der Waals surface area contributed by atoms with Gasteiger partial charge in [-0.15, -0.1) is 0 Å². The van der Waals surface area contributed by atoms with E-state index in [1.807, 2.05) is 0 Å². The molecule has 0 saturated heterocycles. The summed E-state index contributed by atoms with van der Waals surface area (Å²) in [5.41, 5.74) is 4.31. The SMILES string of the molecule is CC(C)(Nc1ccc(C(N)=O)c(Cl)c1)C(C)(C)C(=O)O. The van der Waals surface area contributed by atoms with E-state index in [9.17, 15) is 14.7 Å². The minimum atomic E-state index is -0.998. The van der Waals surface area contributed by atoms with Crippen molar-refractivity contribution in [2.75, 3.05) is 5.32 Å². The van der Waals surface area contributed by atoms with Crippen LogP contribution in [0.1, 0.15) is 38.1 Å². The smallest absolute Gasteiger partial charge is 0.311 e. The van der Waals surface area contributed by atoms with Crippen LogP contribution in [0.3, 0.4) is 0 Å². The van der Waals surface area contributed by atoms with Crippen LogP contribution >= 0.6 is 11.6 Å². The number of primary amides is 1. The Morgan fingerprint density at radius 1 is 1.25 bits per heavy atom. The number of benzene rings is 1. The molecule has 0 unspecified atom stereocenters. The Hall–Kier alpha value is -1.75. The van der Waals surface area contributed by atoms with Gasteiger partial charge in [0.05, 0.1) is 16.0 Å². The summed E-state index contributed by atoms with van der Waals surface area (Å²) in [5, 5.41) is 12.7. The standard InChI is InChI=1S/C14H19ClN2O3/c1-13(2,12(19)20)14(3,4)17-8-5-6-9(11(16)18)10(15)7-8/h5-7,17H,1-4H3,(H2,16,18)(H,19,20). The normalized spacial score (nSPS) is 12.1. The van der Waals surface area contributed by atoms with Crippen LogP contribution in [-0.2, 0) is 4.79 Å². The molecule has 1 aromatic rings. The molecule has 0 radical (unpaired) electrons. The van der Waals surface area contributed by atoms with Crippen LogP contribution in [0.15, 0.2) is 18.2 Å². The molecule has 0 bridgehead atoms. The highest BCUT2D eigenvalue weighted by Gasteiger charge is 2.43. The molecule has 0 atom stereocenters. The maximum atomic E-state index is 11.3. The third kappa shape index (κ3) is 3.04. The summed E-state index contributed by atoms with van der Waals surface area (Å²) in [6.07, 6.45) is 0. The van der Waals surface area contributed by atoms with E-state index < -0.39 is 22.8 Å². The van der Waals surface area contributed by atoms with Crippen molar-refractivity contribution in [1.82, 2.24) is 0 Å². The zero-order valence-electron chi connectivity index (χ0n) is 12.0. The quantitative estimate of drug-likeness (QED) is 0.779. The van der Waals surface area contributed by atoms with Gasteiger partial charge in [-0.3, -0.25) is 9.59 Å². The molecular formula is C14H19ClN2O3. The zero-order valence-corrected chi connectivity index (χ0v) is 12.7. The number of rotatable bonds is 5. The lowest BCUT2D eigenvalue weighted by molar-refractivity contribution is -0.149. The number of aliphatic carboxylic acids is 1. The molecule has 0 heterocycles. The lowest BCUT2D eigenvalue weighted by Gasteiger charge is -2.39. The predicted molar refractivity (Wildman–Crippen MR) is 79.1 cm³/mol. The van der Waals surface area contributed by atoms with E-state index in [-0.39, 0.29) is 10.6 Å². The average molecular weight is 299 g/mol. The lowest BCUT2D eigenvalue weighted by atomic mass is 9.74. The van der Waals surface area contributed by atoms with Crippen molar-refractivity contribution in [3.63, 3.8) is 0 Å². The molecule has 0 aliphatic rings. The van der Waals surface area contributed by atoms with Gasteiger partial charge in [0.15, 0.2) is 0 Å². The molecule has 0 spiro atoms. The first-order valence-electron chi connectivity index (χ1n) is 6.10. The first-order chi connectivity index (χ1) is 8.99. The van der Waals surface area contributed by atoms with Crippen molar-refractivity contribution in [3.8, 4) is 0 Å². The van der Waals surface area contributed by atoms with Crippen LogP contribution in [0, 0.1) is 5.41 Å². The summed E-state index contributed by atoms with van der Waals surface area (Å²) < 4.78 is 0. The largest absolute Gasteiger partial charge is 0.481 e. The van der Waals surface area contributed by atoms with Gasteiger partial charge >= 0.3 is 5.97 Å². The summed E-state index contributed by atoms with van der Waals surface area (Å²) in [5.74, 6) is -1.51. The van der Waals surface area contributed by atoms with Gasteiger partial charge in [-0.1, -0.05) is 11.6 Å². The van der Waals surface area contributed by atoms with Crippen molar-refractivity contribution in [3.05, 3.63) is 28.8 Å². The van der Waals surface area contributed by atoms with Crippen molar-refractivity contribution >= 4 is 29.2 Å². The fourth-order valence-electron chi connectivity index (χ4n) is 1.58. The monoisotopic (exact) mass is 298 g/mol. The number of carbonyl (C=O) groups excluding carboxylic acids is 1. The number of hydrogen-bond acceptors (Lipinski definition) is 3. The number of amides is 1. The number of halogens is 1. The molecule has 6 heteroatoms. The summed E-state index contributed by atoms with van der Waals surface area (Å²) in [6, 6.07) is 4.71. The van der Waals surface area contributed by atoms with Crippen LogP contribution in [-0.4, -0.2) is 22.5 Å². The number of hydrogen-bond donors (Lipinski definition) is 3. The van der Waals surface area contributed by atoms with Crippen LogP contribution in [0.4, 0.5) is 5.69 Å². The van der Waals surface area contributed by atoms with Crippen molar-refractivity contribution in [1.29, 1.82) is 0 Å². The molecule has 0 aromatic heterocycles. The van der Waals surface area contributed by atoms with Gasteiger partial charge in [-0.05, 0) is 45.9 Å². The number of carboxylic acids is 1. The molecule has 1 amide bonds. The Balaban J connectivity index is 3.08. The molecule has 20 heavy (non-hydrogen) atoms. The van der Waals surface area contributed by atoms with Gasteiger partial charge in [0, 0.05) is 11.2 Å². The van der Waals surface area contributed by atoms with Gasteiger partial charge in [0.25, 0.3) is 0 Å². The van der Waals surface area contributed by atoms with Crippen molar-refractivity contribution < 1.29 is 14.7 Å². The summed E-state index contributed by atoms with van der Waals surface area (Å²) >= 11 is 5.97. The molecule has 1 rings (SSSR count). The Bertz CT molecular complexity index is 553. The summed E-state index contributed by atoms with van der Waals surface area (Å²) in [7, 11) is 0. The summed E-state index contributed by atoms with van der Waals surface area (Å²) in [4.78, 5) is 22.4. The van der Waals surface area contributed by atoms with Crippen LogP contribution in [0.25, 0.3) is 0 Å². The van der Waals surface area contributed by atoms with Crippen molar-refractivity contribution in [2.24, 2.45) is 11.1 Å². The van der Waals surface area contributed by atoms with Gasteiger partial charge < -0.3 is 16.2 Å². The minimum Gasteiger partial charge on any atom is -0.481 e. The lowest BCUT2D eigenvalue weighted by Crippen LogP contribution is -2.50. The molecule has 1 aromatic carbocycles. The highest BCUT2D eigenvalue weighted by Crippen LogP contribution is 2.34. The molecular weight excluding hydrogens is 280 g/mol. The van der Waals surface area contributed by atoms with E-state index in [0.29, 0.717) is 5.69 Å².